The van der Waals surface area contributed by atoms with Gasteiger partial charge in [-0.05, 0) is 12.1 Å². The van der Waals surface area contributed by atoms with Gasteiger partial charge in [-0.2, -0.15) is 0 Å². The first kappa shape index (κ1) is 8.95. The van der Waals surface area contributed by atoms with E-state index in [4.69, 9.17) is 0 Å². The summed E-state index contributed by atoms with van der Waals surface area (Å²) in [7, 11) is -2.46. The molecule has 14 heavy (non-hydrogen) atoms. The Morgan fingerprint density at radius 3 is 2.57 bits per heavy atom. The van der Waals surface area contributed by atoms with Crippen molar-refractivity contribution in [2.45, 2.75) is 0 Å². The minimum Gasteiger partial charge on any atom is -0.504 e. The molecular formula is C7H7NO5S. The molecule has 0 atom stereocenters. The molecular weight excluding hydrogens is 210 g/mol. The van der Waals surface area contributed by atoms with Crippen LogP contribution in [-0.2, 0) is 10.4 Å². The van der Waals surface area contributed by atoms with Gasteiger partial charge < -0.3 is 18.8 Å². The zero-order valence-electron chi connectivity index (χ0n) is 7.14. The molecule has 0 amide bonds. The first-order valence-corrected chi connectivity index (χ1v) is 5.04. The second-order valence-electron chi connectivity index (χ2n) is 2.62. The van der Waals surface area contributed by atoms with Crippen molar-refractivity contribution in [3.63, 3.8) is 0 Å². The monoisotopic (exact) mass is 217 g/mol. The quantitative estimate of drug-likeness (QED) is 0.664. The molecule has 0 saturated carbocycles. The highest BCUT2D eigenvalue weighted by Gasteiger charge is 2.33. The van der Waals surface area contributed by atoms with E-state index in [-0.39, 0.29) is 17.2 Å². The van der Waals surface area contributed by atoms with Crippen LogP contribution in [0.5, 0.6) is 17.2 Å². The number of hydrogen-bond donors (Lipinski definition) is 2. The number of fused-ring (bicyclic) bond motifs is 1. The van der Waals surface area contributed by atoms with Crippen molar-refractivity contribution < 1.29 is 21.9 Å². The summed E-state index contributed by atoms with van der Waals surface area (Å²) >= 11 is 0. The number of hydrogen-bond acceptors (Lipinski definition) is 6. The largest absolute Gasteiger partial charge is 0.504 e. The SMILES string of the molecule is CNc1ccc(O)c2c1OS(=O)(=O)O2. The van der Waals surface area contributed by atoms with E-state index in [1.807, 2.05) is 0 Å². The van der Waals surface area contributed by atoms with E-state index in [1.54, 1.807) is 7.05 Å². The zero-order valence-corrected chi connectivity index (χ0v) is 7.96. The normalized spacial score (nSPS) is 16.6. The van der Waals surface area contributed by atoms with E-state index < -0.39 is 10.4 Å². The fourth-order valence-corrected chi connectivity index (χ4v) is 1.90. The summed E-state index contributed by atoms with van der Waals surface area (Å²) in [5.74, 6) is -0.482. The second kappa shape index (κ2) is 2.68. The molecule has 0 saturated heterocycles. The van der Waals surface area contributed by atoms with Gasteiger partial charge in [-0.15, -0.1) is 8.42 Å². The van der Waals surface area contributed by atoms with Crippen molar-refractivity contribution in [3.05, 3.63) is 12.1 Å². The molecule has 2 N–H and O–H groups in total. The van der Waals surface area contributed by atoms with Gasteiger partial charge in [0, 0.05) is 7.05 Å². The molecule has 1 aliphatic rings. The van der Waals surface area contributed by atoms with Crippen molar-refractivity contribution in [2.75, 3.05) is 12.4 Å². The Hall–Kier alpha value is -1.63. The predicted octanol–water partition coefficient (Wildman–Crippen LogP) is 0.450. The number of benzene rings is 1. The number of anilines is 1. The maximum atomic E-state index is 10.9. The third-order valence-corrected chi connectivity index (χ3v) is 2.47. The van der Waals surface area contributed by atoms with Crippen molar-refractivity contribution in [1.29, 1.82) is 0 Å². The average molecular weight is 217 g/mol. The van der Waals surface area contributed by atoms with Gasteiger partial charge in [0.1, 0.15) is 0 Å². The highest BCUT2D eigenvalue weighted by Crippen LogP contribution is 2.47. The standard InChI is InChI=1S/C7H7NO5S/c1-8-4-2-3-5(9)7-6(4)12-14(10,11)13-7/h2-3,8-9H,1H3. The van der Waals surface area contributed by atoms with Crippen LogP contribution in [-0.4, -0.2) is 20.6 Å². The van der Waals surface area contributed by atoms with Crippen LogP contribution in [0.25, 0.3) is 0 Å². The lowest BCUT2D eigenvalue weighted by molar-refractivity contribution is 0.419. The van der Waals surface area contributed by atoms with Crippen LogP contribution in [0.1, 0.15) is 0 Å². The Morgan fingerprint density at radius 1 is 1.29 bits per heavy atom. The van der Waals surface area contributed by atoms with Crippen LogP contribution in [0.15, 0.2) is 12.1 Å². The third kappa shape index (κ3) is 1.22. The van der Waals surface area contributed by atoms with E-state index in [0.717, 1.165) is 0 Å². The van der Waals surface area contributed by atoms with Gasteiger partial charge in [-0.1, -0.05) is 0 Å². The van der Waals surface area contributed by atoms with Gasteiger partial charge in [0.25, 0.3) is 0 Å². The third-order valence-electron chi connectivity index (χ3n) is 1.73. The van der Waals surface area contributed by atoms with Gasteiger partial charge >= 0.3 is 10.4 Å². The first-order valence-electron chi connectivity index (χ1n) is 3.71. The number of aromatic hydroxyl groups is 1. The Kier molecular flexibility index (Phi) is 1.71. The number of phenols is 1. The van der Waals surface area contributed by atoms with Gasteiger partial charge in [0.2, 0.25) is 11.5 Å². The molecule has 7 heteroatoms. The van der Waals surface area contributed by atoms with Crippen LogP contribution in [0.3, 0.4) is 0 Å². The summed E-state index contributed by atoms with van der Waals surface area (Å²) in [6.45, 7) is 0. The van der Waals surface area contributed by atoms with Crippen LogP contribution >= 0.6 is 0 Å². The summed E-state index contributed by atoms with van der Waals surface area (Å²) in [5.41, 5.74) is 0.430. The lowest BCUT2D eigenvalue weighted by Gasteiger charge is -2.03. The lowest BCUT2D eigenvalue weighted by Crippen LogP contribution is -2.08. The smallest absolute Gasteiger partial charge is 0.501 e. The molecule has 1 aromatic rings. The highest BCUT2D eigenvalue weighted by molar-refractivity contribution is 7.82. The molecule has 76 valence electrons. The molecule has 0 aliphatic carbocycles. The predicted molar refractivity (Wildman–Crippen MR) is 47.8 cm³/mol. The Labute approximate surface area is 80.4 Å². The zero-order chi connectivity index (χ0) is 10.3. The molecule has 6 nitrogen and oxygen atoms in total. The van der Waals surface area contributed by atoms with Crippen LogP contribution in [0.4, 0.5) is 5.69 Å². The van der Waals surface area contributed by atoms with Crippen molar-refractivity contribution >= 4 is 16.1 Å². The number of nitrogens with one attached hydrogen (secondary N) is 1. The molecule has 0 fully saturated rings. The molecule has 0 spiro atoms. The summed E-state index contributed by atoms with van der Waals surface area (Å²) < 4.78 is 30.8. The van der Waals surface area contributed by atoms with E-state index in [9.17, 15) is 13.5 Å². The molecule has 1 heterocycles. The van der Waals surface area contributed by atoms with Gasteiger partial charge in [0.05, 0.1) is 5.69 Å². The summed E-state index contributed by atoms with van der Waals surface area (Å²) in [5, 5.41) is 12.0. The topological polar surface area (TPSA) is 84.9 Å². The summed E-state index contributed by atoms with van der Waals surface area (Å²) in [6, 6.07) is 2.80. The van der Waals surface area contributed by atoms with Crippen LogP contribution in [0.2, 0.25) is 0 Å². The fourth-order valence-electron chi connectivity index (χ4n) is 1.13. The van der Waals surface area contributed by atoms with E-state index >= 15 is 0 Å². The Balaban J connectivity index is 2.64. The van der Waals surface area contributed by atoms with E-state index in [2.05, 4.69) is 13.7 Å². The van der Waals surface area contributed by atoms with Crippen molar-refractivity contribution in [3.8, 4) is 17.2 Å². The molecule has 1 aromatic carbocycles. The maximum Gasteiger partial charge on any atom is 0.501 e. The second-order valence-corrected chi connectivity index (χ2v) is 3.77. The van der Waals surface area contributed by atoms with E-state index in [0.29, 0.717) is 5.69 Å². The molecule has 0 unspecified atom stereocenters. The Bertz CT molecular complexity index is 481. The van der Waals surface area contributed by atoms with E-state index in [1.165, 1.54) is 12.1 Å². The minimum atomic E-state index is -4.06. The highest BCUT2D eigenvalue weighted by atomic mass is 32.3. The van der Waals surface area contributed by atoms with Crippen molar-refractivity contribution in [1.82, 2.24) is 0 Å². The number of rotatable bonds is 1. The number of phenolic OH excluding ortho intramolecular Hbond substituents is 1. The van der Waals surface area contributed by atoms with Crippen LogP contribution in [0, 0.1) is 0 Å². The maximum absolute atomic E-state index is 10.9. The van der Waals surface area contributed by atoms with Crippen LogP contribution < -0.4 is 13.7 Å². The molecule has 0 aromatic heterocycles. The van der Waals surface area contributed by atoms with Gasteiger partial charge in [-0.25, -0.2) is 0 Å². The van der Waals surface area contributed by atoms with Gasteiger partial charge in [0.15, 0.2) is 5.75 Å². The molecule has 2 rings (SSSR count). The molecule has 0 radical (unpaired) electrons. The average Bonchev–Trinajstić information content (AvgIpc) is 2.42. The summed E-state index contributed by atoms with van der Waals surface area (Å²) in [6.07, 6.45) is 0. The minimum absolute atomic E-state index is 0.0208. The summed E-state index contributed by atoms with van der Waals surface area (Å²) in [4.78, 5) is 0. The lowest BCUT2D eigenvalue weighted by atomic mass is 10.2. The molecule has 1 aliphatic heterocycles. The first-order chi connectivity index (χ1) is 6.53. The Morgan fingerprint density at radius 2 is 1.93 bits per heavy atom. The van der Waals surface area contributed by atoms with Gasteiger partial charge in [-0.3, -0.25) is 0 Å². The fraction of sp³-hybridized carbons (Fsp3) is 0.143. The molecule has 0 bridgehead atoms. The van der Waals surface area contributed by atoms with Crippen molar-refractivity contribution in [2.24, 2.45) is 0 Å².